The van der Waals surface area contributed by atoms with Crippen LogP contribution in [0.2, 0.25) is 0 Å². The van der Waals surface area contributed by atoms with Gasteiger partial charge in [0.1, 0.15) is 11.6 Å². The minimum atomic E-state index is -0.354. The Morgan fingerprint density at radius 3 is 2.77 bits per heavy atom. The van der Waals surface area contributed by atoms with Gasteiger partial charge in [-0.15, -0.1) is 0 Å². The summed E-state index contributed by atoms with van der Waals surface area (Å²) in [6.07, 6.45) is 4.61. The molecule has 5 heteroatoms. The summed E-state index contributed by atoms with van der Waals surface area (Å²) >= 11 is 0. The Bertz CT molecular complexity index is 822. The van der Waals surface area contributed by atoms with E-state index in [2.05, 4.69) is 32.2 Å². The Kier molecular flexibility index (Phi) is 5.35. The molecular formula is C21H28N2O3. The second-order valence-electron chi connectivity index (χ2n) is 7.51. The molecule has 1 aromatic carbocycles. The van der Waals surface area contributed by atoms with Crippen molar-refractivity contribution in [1.82, 2.24) is 10.2 Å². The number of benzene rings is 1. The van der Waals surface area contributed by atoms with Crippen LogP contribution in [0.4, 0.5) is 0 Å². The van der Waals surface area contributed by atoms with E-state index >= 15 is 0 Å². The van der Waals surface area contributed by atoms with Crippen molar-refractivity contribution in [2.24, 2.45) is 0 Å². The van der Waals surface area contributed by atoms with E-state index in [1.165, 1.54) is 11.1 Å². The van der Waals surface area contributed by atoms with Crippen molar-refractivity contribution < 1.29 is 14.0 Å². The van der Waals surface area contributed by atoms with Gasteiger partial charge < -0.3 is 14.6 Å². The number of carbonyl (C=O) groups is 2. The Labute approximate surface area is 154 Å². The van der Waals surface area contributed by atoms with Gasteiger partial charge in [-0.05, 0) is 55.4 Å². The van der Waals surface area contributed by atoms with E-state index in [0.29, 0.717) is 12.5 Å². The maximum Gasteiger partial charge on any atom is 0.242 e. The topological polar surface area (TPSA) is 62.6 Å². The van der Waals surface area contributed by atoms with E-state index in [9.17, 15) is 9.59 Å². The Balaban J connectivity index is 1.87. The van der Waals surface area contributed by atoms with Crippen molar-refractivity contribution >= 4 is 22.8 Å². The molecule has 1 atom stereocenters. The number of amides is 2. The van der Waals surface area contributed by atoms with Crippen molar-refractivity contribution in [1.29, 1.82) is 0 Å². The quantitative estimate of drug-likeness (QED) is 0.911. The first kappa shape index (κ1) is 18.5. The van der Waals surface area contributed by atoms with Crippen LogP contribution in [0.5, 0.6) is 0 Å². The number of likely N-dealkylation sites (N-methyl/N-ethyl adjacent to an activating group) is 1. The zero-order valence-corrected chi connectivity index (χ0v) is 16.1. The summed E-state index contributed by atoms with van der Waals surface area (Å²) in [5, 5.41) is 3.68. The molecular weight excluding hydrogens is 328 g/mol. The Morgan fingerprint density at radius 2 is 2.08 bits per heavy atom. The van der Waals surface area contributed by atoms with Crippen LogP contribution in [0.15, 0.2) is 22.8 Å². The third-order valence-electron chi connectivity index (χ3n) is 5.38. The minimum Gasteiger partial charge on any atom is -0.464 e. The second kappa shape index (κ2) is 7.52. The highest BCUT2D eigenvalue weighted by molar-refractivity contribution is 5.91. The molecule has 1 aromatic heterocycles. The fourth-order valence-electron chi connectivity index (χ4n) is 3.94. The Hall–Kier alpha value is -2.30. The van der Waals surface area contributed by atoms with Gasteiger partial charge in [-0.3, -0.25) is 9.59 Å². The van der Waals surface area contributed by atoms with E-state index in [4.69, 9.17) is 4.42 Å². The molecule has 1 N–H and O–H groups in total. The molecule has 26 heavy (non-hydrogen) atoms. The highest BCUT2D eigenvalue weighted by atomic mass is 16.3. The van der Waals surface area contributed by atoms with E-state index in [1.54, 1.807) is 18.2 Å². The van der Waals surface area contributed by atoms with Crippen LogP contribution in [-0.2, 0) is 16.0 Å². The Morgan fingerprint density at radius 1 is 1.31 bits per heavy atom. The number of hydrogen-bond donors (Lipinski definition) is 1. The number of nitrogens with one attached hydrogen (secondary N) is 1. The average molecular weight is 356 g/mol. The number of hydrogen-bond acceptors (Lipinski definition) is 3. The molecule has 140 valence electrons. The molecule has 1 unspecified atom stereocenters. The van der Waals surface area contributed by atoms with Gasteiger partial charge in [0.25, 0.3) is 0 Å². The van der Waals surface area contributed by atoms with Crippen LogP contribution in [0.3, 0.4) is 0 Å². The lowest BCUT2D eigenvalue weighted by Crippen LogP contribution is -2.51. The average Bonchev–Trinajstić information content (AvgIpc) is 3.01. The number of fused-ring (bicyclic) bond motifs is 1. The standard InChI is InChI=1S/C21H28N2O3/c1-13(2)16-11-17-15(12-26-19(17)9-14(16)3)10-20(24)23-8-6-5-7-18(23)21(25)22-4/h9,11-13,18H,5-8,10H2,1-4H3,(H,22,25). The molecule has 2 heterocycles. The number of furan rings is 1. The first-order valence-corrected chi connectivity index (χ1v) is 9.44. The number of piperidine rings is 1. The van der Waals surface area contributed by atoms with Crippen molar-refractivity contribution in [2.45, 2.75) is 58.4 Å². The first-order chi connectivity index (χ1) is 12.4. The van der Waals surface area contributed by atoms with Crippen LogP contribution >= 0.6 is 0 Å². The van der Waals surface area contributed by atoms with Crippen molar-refractivity contribution in [2.75, 3.05) is 13.6 Å². The van der Waals surface area contributed by atoms with E-state index < -0.39 is 0 Å². The molecule has 5 nitrogen and oxygen atoms in total. The molecule has 2 amide bonds. The van der Waals surface area contributed by atoms with Crippen molar-refractivity contribution in [3.8, 4) is 0 Å². The van der Waals surface area contributed by atoms with Gasteiger partial charge in [0.15, 0.2) is 0 Å². The molecule has 1 fully saturated rings. The smallest absolute Gasteiger partial charge is 0.242 e. The van der Waals surface area contributed by atoms with Crippen LogP contribution < -0.4 is 5.32 Å². The fraction of sp³-hybridized carbons (Fsp3) is 0.524. The van der Waals surface area contributed by atoms with Gasteiger partial charge in [0, 0.05) is 24.5 Å². The summed E-state index contributed by atoms with van der Waals surface area (Å²) in [7, 11) is 1.62. The van der Waals surface area contributed by atoms with Crippen LogP contribution in [0, 0.1) is 6.92 Å². The lowest BCUT2D eigenvalue weighted by molar-refractivity contribution is -0.141. The molecule has 2 aromatic rings. The zero-order valence-electron chi connectivity index (χ0n) is 16.1. The summed E-state index contributed by atoms with van der Waals surface area (Å²) < 4.78 is 5.70. The van der Waals surface area contributed by atoms with Gasteiger partial charge in [-0.1, -0.05) is 13.8 Å². The summed E-state index contributed by atoms with van der Waals surface area (Å²) in [4.78, 5) is 26.8. The molecule has 0 spiro atoms. The summed E-state index contributed by atoms with van der Waals surface area (Å²) in [6, 6.07) is 3.84. The van der Waals surface area contributed by atoms with Crippen LogP contribution in [-0.4, -0.2) is 36.3 Å². The number of nitrogens with zero attached hydrogens (tertiary/aromatic N) is 1. The number of rotatable bonds is 4. The van der Waals surface area contributed by atoms with E-state index in [-0.39, 0.29) is 24.3 Å². The lowest BCUT2D eigenvalue weighted by atomic mass is 9.95. The third kappa shape index (κ3) is 3.48. The van der Waals surface area contributed by atoms with Gasteiger partial charge in [-0.25, -0.2) is 0 Å². The van der Waals surface area contributed by atoms with Gasteiger partial charge in [-0.2, -0.15) is 0 Å². The minimum absolute atomic E-state index is 0.00679. The summed E-state index contributed by atoms with van der Waals surface area (Å²) in [5.41, 5.74) is 4.19. The molecule has 3 rings (SSSR count). The summed E-state index contributed by atoms with van der Waals surface area (Å²) in [6.45, 7) is 7.06. The van der Waals surface area contributed by atoms with Gasteiger partial charge in [0.05, 0.1) is 12.7 Å². The fourth-order valence-corrected chi connectivity index (χ4v) is 3.94. The highest BCUT2D eigenvalue weighted by Gasteiger charge is 2.31. The largest absolute Gasteiger partial charge is 0.464 e. The molecule has 0 bridgehead atoms. The lowest BCUT2D eigenvalue weighted by Gasteiger charge is -2.34. The first-order valence-electron chi connectivity index (χ1n) is 9.44. The zero-order chi connectivity index (χ0) is 18.8. The normalized spacial score (nSPS) is 17.7. The number of likely N-dealkylation sites (tertiary alicyclic amines) is 1. The van der Waals surface area contributed by atoms with Crippen LogP contribution in [0.25, 0.3) is 11.0 Å². The number of carbonyl (C=O) groups excluding carboxylic acids is 2. The molecule has 1 aliphatic rings. The molecule has 0 aliphatic carbocycles. The van der Waals surface area contributed by atoms with Crippen LogP contribution in [0.1, 0.15) is 55.7 Å². The maximum absolute atomic E-state index is 12.9. The van der Waals surface area contributed by atoms with Gasteiger partial charge >= 0.3 is 0 Å². The predicted octanol–water partition coefficient (Wildman–Crippen LogP) is 3.53. The molecule has 0 radical (unpaired) electrons. The van der Waals surface area contributed by atoms with Gasteiger partial charge in [0.2, 0.25) is 11.8 Å². The molecule has 0 saturated carbocycles. The van der Waals surface area contributed by atoms with Crippen molar-refractivity contribution in [3.05, 3.63) is 35.1 Å². The maximum atomic E-state index is 12.9. The molecule has 1 saturated heterocycles. The summed E-state index contributed by atoms with van der Waals surface area (Å²) in [5.74, 6) is 0.332. The predicted molar refractivity (Wildman–Crippen MR) is 102 cm³/mol. The third-order valence-corrected chi connectivity index (χ3v) is 5.38. The number of aryl methyl sites for hydroxylation is 1. The highest BCUT2D eigenvalue weighted by Crippen LogP contribution is 2.30. The van der Waals surface area contributed by atoms with E-state index in [0.717, 1.165) is 35.8 Å². The van der Waals surface area contributed by atoms with Crippen molar-refractivity contribution in [3.63, 3.8) is 0 Å². The second-order valence-corrected chi connectivity index (χ2v) is 7.51. The van der Waals surface area contributed by atoms with E-state index in [1.807, 2.05) is 6.07 Å². The molecule has 1 aliphatic heterocycles. The monoisotopic (exact) mass is 356 g/mol. The SMILES string of the molecule is CNC(=O)C1CCCCN1C(=O)Cc1coc2cc(C)c(C(C)C)cc12.